The molecule has 11 heteroatoms. The first-order valence-corrected chi connectivity index (χ1v) is 13.2. The van der Waals surface area contributed by atoms with E-state index >= 15 is 4.39 Å². The number of nitrogens with one attached hydrogen (secondary N) is 2. The SMILES string of the molecule is CC(=O)N1CCC(C(=O)Nc2nc3cc(C4(O)c5ccccc5C(=O)N4c4cccc(Cl)c4F)ccc3[nH]2)CC1. The number of likely N-dealkylation sites (tertiary alicyclic amines) is 1. The molecule has 0 radical (unpaired) electrons. The lowest BCUT2D eigenvalue weighted by molar-refractivity contribution is -0.132. The van der Waals surface area contributed by atoms with Gasteiger partial charge in [0.2, 0.25) is 17.8 Å². The number of carbonyl (C=O) groups excluding carboxylic acids is 3. The molecule has 3 N–H and O–H groups in total. The van der Waals surface area contributed by atoms with Gasteiger partial charge in [-0.1, -0.05) is 41.9 Å². The van der Waals surface area contributed by atoms with E-state index in [1.807, 2.05) is 0 Å². The van der Waals surface area contributed by atoms with Crippen molar-refractivity contribution in [1.29, 1.82) is 0 Å². The van der Waals surface area contributed by atoms with Crippen LogP contribution in [0.2, 0.25) is 5.02 Å². The van der Waals surface area contributed by atoms with Crippen LogP contribution in [-0.2, 0) is 15.3 Å². The summed E-state index contributed by atoms with van der Waals surface area (Å²) in [7, 11) is 0. The number of aliphatic hydroxyl groups is 1. The van der Waals surface area contributed by atoms with Crippen LogP contribution in [0.5, 0.6) is 0 Å². The average Bonchev–Trinajstić information content (AvgIpc) is 3.46. The maximum atomic E-state index is 15.2. The molecule has 0 aliphatic carbocycles. The first-order valence-electron chi connectivity index (χ1n) is 12.9. The number of rotatable bonds is 4. The number of hydrogen-bond acceptors (Lipinski definition) is 5. The van der Waals surface area contributed by atoms with Crippen LogP contribution >= 0.6 is 11.6 Å². The molecule has 0 spiro atoms. The summed E-state index contributed by atoms with van der Waals surface area (Å²) >= 11 is 6.03. The summed E-state index contributed by atoms with van der Waals surface area (Å²) in [4.78, 5) is 48.2. The first kappa shape index (κ1) is 26.0. The third-order valence-corrected chi connectivity index (χ3v) is 7.96. The van der Waals surface area contributed by atoms with E-state index in [4.69, 9.17) is 11.6 Å². The molecule has 0 saturated carbocycles. The Labute approximate surface area is 233 Å². The lowest BCUT2D eigenvalue weighted by atomic mass is 9.93. The first-order chi connectivity index (χ1) is 19.2. The van der Waals surface area contributed by atoms with Gasteiger partial charge in [0.15, 0.2) is 11.5 Å². The Morgan fingerprint density at radius 2 is 1.88 bits per heavy atom. The Hall–Kier alpha value is -4.28. The zero-order valence-electron chi connectivity index (χ0n) is 21.4. The van der Waals surface area contributed by atoms with E-state index in [1.165, 1.54) is 25.1 Å². The van der Waals surface area contributed by atoms with Gasteiger partial charge in [-0.05, 0) is 43.2 Å². The minimum atomic E-state index is -2.06. The number of piperidine rings is 1. The highest BCUT2D eigenvalue weighted by atomic mass is 35.5. The largest absolute Gasteiger partial charge is 0.363 e. The quantitative estimate of drug-likeness (QED) is 0.341. The molecule has 2 aliphatic heterocycles. The lowest BCUT2D eigenvalue weighted by Gasteiger charge is -2.35. The van der Waals surface area contributed by atoms with Crippen molar-refractivity contribution in [1.82, 2.24) is 14.9 Å². The summed E-state index contributed by atoms with van der Waals surface area (Å²) in [6.07, 6.45) is 1.12. The van der Waals surface area contributed by atoms with E-state index < -0.39 is 17.4 Å². The highest BCUT2D eigenvalue weighted by Gasteiger charge is 2.51. The van der Waals surface area contributed by atoms with E-state index in [0.717, 1.165) is 4.90 Å². The molecule has 0 bridgehead atoms. The van der Waals surface area contributed by atoms with Gasteiger partial charge in [-0.3, -0.25) is 24.6 Å². The van der Waals surface area contributed by atoms with Gasteiger partial charge in [0.05, 0.1) is 21.7 Å². The number of hydrogen-bond donors (Lipinski definition) is 3. The molecule has 4 aromatic rings. The highest BCUT2D eigenvalue weighted by molar-refractivity contribution is 6.31. The van der Waals surface area contributed by atoms with Gasteiger partial charge in [-0.2, -0.15) is 0 Å². The van der Waals surface area contributed by atoms with Crippen LogP contribution in [0.4, 0.5) is 16.0 Å². The van der Waals surface area contributed by atoms with E-state index in [2.05, 4.69) is 15.3 Å². The minimum Gasteiger partial charge on any atom is -0.363 e. The monoisotopic (exact) mass is 561 g/mol. The third-order valence-electron chi connectivity index (χ3n) is 7.67. The number of imidazole rings is 1. The second-order valence-corrected chi connectivity index (χ2v) is 10.4. The highest BCUT2D eigenvalue weighted by Crippen LogP contribution is 2.46. The van der Waals surface area contributed by atoms with Crippen molar-refractivity contribution in [2.75, 3.05) is 23.3 Å². The number of halogens is 2. The molecule has 3 aromatic carbocycles. The second-order valence-electron chi connectivity index (χ2n) is 10.0. The molecule has 40 heavy (non-hydrogen) atoms. The number of benzene rings is 3. The molecule has 3 heterocycles. The molecular weight excluding hydrogens is 537 g/mol. The van der Waals surface area contributed by atoms with E-state index in [0.29, 0.717) is 42.5 Å². The van der Waals surface area contributed by atoms with Crippen LogP contribution in [0.15, 0.2) is 60.7 Å². The fourth-order valence-corrected chi connectivity index (χ4v) is 5.72. The smallest absolute Gasteiger partial charge is 0.261 e. The molecular formula is C29H25ClFN5O4. The number of anilines is 2. The van der Waals surface area contributed by atoms with Crippen LogP contribution in [0.25, 0.3) is 11.0 Å². The fourth-order valence-electron chi connectivity index (χ4n) is 5.55. The normalized spacial score (nSPS) is 19.2. The Morgan fingerprint density at radius 1 is 1.12 bits per heavy atom. The number of aromatic nitrogens is 2. The summed E-state index contributed by atoms with van der Waals surface area (Å²) < 4.78 is 15.2. The van der Waals surface area contributed by atoms with Crippen LogP contribution in [0, 0.1) is 11.7 Å². The molecule has 3 amide bonds. The maximum absolute atomic E-state index is 15.2. The molecule has 1 atom stereocenters. The summed E-state index contributed by atoms with van der Waals surface area (Å²) in [5, 5.41) is 14.8. The van der Waals surface area contributed by atoms with Crippen molar-refractivity contribution in [3.8, 4) is 0 Å². The second kappa shape index (κ2) is 9.72. The van der Waals surface area contributed by atoms with Crippen molar-refractivity contribution in [3.05, 3.63) is 88.2 Å². The van der Waals surface area contributed by atoms with Gasteiger partial charge in [0.1, 0.15) is 0 Å². The van der Waals surface area contributed by atoms with Gasteiger partial charge in [0, 0.05) is 42.6 Å². The van der Waals surface area contributed by atoms with Crippen molar-refractivity contribution >= 4 is 52.0 Å². The standard InChI is InChI=1S/C29H25ClFN5O4/c1-16(37)35-13-11-17(12-14-35)26(38)34-28-32-22-10-9-18(15-23(22)33-28)29(40)20-6-3-2-5-19(20)27(39)36(29)24-8-4-7-21(30)25(24)31/h2-10,15,17,40H,11-14H2,1H3,(H2,32,33,34,38). The number of carbonyl (C=O) groups is 3. The number of nitrogens with zero attached hydrogens (tertiary/aromatic N) is 3. The van der Waals surface area contributed by atoms with Crippen molar-refractivity contribution in [3.63, 3.8) is 0 Å². The Balaban J connectivity index is 1.34. The number of fused-ring (bicyclic) bond motifs is 2. The lowest BCUT2D eigenvalue weighted by Crippen LogP contribution is -2.45. The summed E-state index contributed by atoms with van der Waals surface area (Å²) in [6.45, 7) is 2.57. The molecule has 204 valence electrons. The van der Waals surface area contributed by atoms with Crippen LogP contribution < -0.4 is 10.2 Å². The Bertz CT molecular complexity index is 1680. The van der Waals surface area contributed by atoms with Gasteiger partial charge in [-0.15, -0.1) is 0 Å². The predicted molar refractivity (Wildman–Crippen MR) is 147 cm³/mol. The van der Waals surface area contributed by atoms with E-state index in [9.17, 15) is 19.5 Å². The molecule has 1 fully saturated rings. The van der Waals surface area contributed by atoms with Crippen LogP contribution in [-0.4, -0.2) is 50.8 Å². The molecule has 1 unspecified atom stereocenters. The van der Waals surface area contributed by atoms with Gasteiger partial charge < -0.3 is 15.0 Å². The number of aromatic amines is 1. The molecule has 1 saturated heterocycles. The van der Waals surface area contributed by atoms with Crippen molar-refractivity contribution in [2.24, 2.45) is 5.92 Å². The van der Waals surface area contributed by atoms with E-state index in [-0.39, 0.29) is 45.5 Å². The van der Waals surface area contributed by atoms with Gasteiger partial charge in [0.25, 0.3) is 5.91 Å². The Morgan fingerprint density at radius 3 is 2.62 bits per heavy atom. The van der Waals surface area contributed by atoms with E-state index in [1.54, 1.807) is 47.4 Å². The third kappa shape index (κ3) is 4.11. The maximum Gasteiger partial charge on any atom is 0.261 e. The predicted octanol–water partition coefficient (Wildman–Crippen LogP) is 4.41. The number of amides is 3. The van der Waals surface area contributed by atoms with Gasteiger partial charge in [-0.25, -0.2) is 9.37 Å². The fraction of sp³-hybridized carbons (Fsp3) is 0.241. The molecule has 2 aliphatic rings. The number of H-pyrrole nitrogens is 1. The topological polar surface area (TPSA) is 119 Å². The van der Waals surface area contributed by atoms with Crippen molar-refractivity contribution in [2.45, 2.75) is 25.5 Å². The zero-order valence-corrected chi connectivity index (χ0v) is 22.2. The van der Waals surface area contributed by atoms with Crippen LogP contribution in [0.3, 0.4) is 0 Å². The van der Waals surface area contributed by atoms with Gasteiger partial charge >= 0.3 is 0 Å². The molecule has 1 aromatic heterocycles. The van der Waals surface area contributed by atoms with Crippen molar-refractivity contribution < 1.29 is 23.9 Å². The minimum absolute atomic E-state index is 0.00291. The van der Waals surface area contributed by atoms with Crippen LogP contribution in [0.1, 0.15) is 41.3 Å². The summed E-state index contributed by atoms with van der Waals surface area (Å²) in [5.74, 6) is -1.62. The summed E-state index contributed by atoms with van der Waals surface area (Å²) in [6, 6.07) is 15.7. The average molecular weight is 562 g/mol. The molecule has 6 rings (SSSR count). The molecule has 9 nitrogen and oxygen atoms in total. The Kier molecular flexibility index (Phi) is 6.31. The summed E-state index contributed by atoms with van der Waals surface area (Å²) in [5.41, 5.74) is -0.403. The zero-order chi connectivity index (χ0) is 28.2.